The lowest BCUT2D eigenvalue weighted by Crippen LogP contribution is -2.45. The summed E-state index contributed by atoms with van der Waals surface area (Å²) in [7, 11) is 0. The van der Waals surface area contributed by atoms with Crippen molar-refractivity contribution in [3.05, 3.63) is 28.2 Å². The minimum absolute atomic E-state index is 0.133. The number of carbonyl (C=O) groups excluding carboxylic acids is 1. The van der Waals surface area contributed by atoms with Crippen molar-refractivity contribution in [3.63, 3.8) is 0 Å². The highest BCUT2D eigenvalue weighted by atomic mass is 79.9. The molecule has 0 fully saturated rings. The summed E-state index contributed by atoms with van der Waals surface area (Å²) in [6.45, 7) is 5.80. The summed E-state index contributed by atoms with van der Waals surface area (Å²) >= 11 is 8.48. The zero-order chi connectivity index (χ0) is 14.6. The van der Waals surface area contributed by atoms with Gasteiger partial charge in [-0.3, -0.25) is 4.79 Å². The number of nitrogens with one attached hydrogen (secondary N) is 1. The van der Waals surface area contributed by atoms with Gasteiger partial charge in [0, 0.05) is 10.2 Å². The normalized spacial score (nSPS) is 11.2. The average molecular weight is 343 g/mol. The largest absolute Gasteiger partial charge is 0.392 e. The van der Waals surface area contributed by atoms with Gasteiger partial charge in [0.1, 0.15) is 0 Å². The van der Waals surface area contributed by atoms with Crippen LogP contribution in [0.1, 0.15) is 32.3 Å². The predicted octanol–water partition coefficient (Wildman–Crippen LogP) is 3.79. The standard InChI is InChI=1S/C14H19BrN2OS/c1-4-14(5-2,12(16)19)13(18)17-11-8-10(15)7-6-9(11)3/h6-8H,4-5H2,1-3H3,(H2,16,19)(H,17,18). The van der Waals surface area contributed by atoms with Crippen molar-refractivity contribution in [3.8, 4) is 0 Å². The van der Waals surface area contributed by atoms with Gasteiger partial charge in [0.25, 0.3) is 0 Å². The lowest BCUT2D eigenvalue weighted by molar-refractivity contribution is -0.122. The van der Waals surface area contributed by atoms with Gasteiger partial charge in [0.2, 0.25) is 5.91 Å². The van der Waals surface area contributed by atoms with Gasteiger partial charge in [-0.1, -0.05) is 48.1 Å². The van der Waals surface area contributed by atoms with Crippen molar-refractivity contribution in [1.29, 1.82) is 0 Å². The molecule has 0 aromatic heterocycles. The quantitative estimate of drug-likeness (QED) is 0.800. The van der Waals surface area contributed by atoms with Gasteiger partial charge in [-0.15, -0.1) is 0 Å². The molecule has 0 heterocycles. The summed E-state index contributed by atoms with van der Waals surface area (Å²) in [5.74, 6) is -0.133. The first kappa shape index (κ1) is 16.1. The second-order valence-corrected chi connectivity index (χ2v) is 5.92. The monoisotopic (exact) mass is 342 g/mol. The maximum atomic E-state index is 12.5. The van der Waals surface area contributed by atoms with Crippen molar-refractivity contribution < 1.29 is 4.79 Å². The highest BCUT2D eigenvalue weighted by Gasteiger charge is 2.38. The number of nitrogens with two attached hydrogens (primary N) is 1. The molecule has 0 saturated carbocycles. The first-order chi connectivity index (χ1) is 8.87. The second kappa shape index (κ2) is 6.48. The fourth-order valence-corrected chi connectivity index (χ4v) is 2.74. The van der Waals surface area contributed by atoms with Gasteiger partial charge in [-0.05, 0) is 37.5 Å². The molecule has 104 valence electrons. The van der Waals surface area contributed by atoms with E-state index in [1.807, 2.05) is 39.0 Å². The Bertz CT molecular complexity index is 498. The molecule has 3 N–H and O–H groups in total. The Hall–Kier alpha value is -0.940. The third-order valence-corrected chi connectivity index (χ3v) is 4.45. The van der Waals surface area contributed by atoms with Crippen molar-refractivity contribution in [2.24, 2.45) is 11.1 Å². The number of amides is 1. The van der Waals surface area contributed by atoms with Crippen LogP contribution in [0.25, 0.3) is 0 Å². The van der Waals surface area contributed by atoms with Crippen molar-refractivity contribution in [2.75, 3.05) is 5.32 Å². The van der Waals surface area contributed by atoms with Crippen LogP contribution in [-0.4, -0.2) is 10.9 Å². The maximum Gasteiger partial charge on any atom is 0.237 e. The van der Waals surface area contributed by atoms with E-state index in [0.29, 0.717) is 12.8 Å². The van der Waals surface area contributed by atoms with E-state index in [4.69, 9.17) is 18.0 Å². The highest BCUT2D eigenvalue weighted by Crippen LogP contribution is 2.30. The van der Waals surface area contributed by atoms with Gasteiger partial charge in [0.05, 0.1) is 10.4 Å². The molecule has 0 spiro atoms. The molecule has 0 bridgehead atoms. The van der Waals surface area contributed by atoms with Crippen LogP contribution in [0, 0.1) is 12.3 Å². The van der Waals surface area contributed by atoms with Gasteiger partial charge in [0.15, 0.2) is 0 Å². The molecular formula is C14H19BrN2OS. The predicted molar refractivity (Wildman–Crippen MR) is 87.3 cm³/mol. The second-order valence-electron chi connectivity index (χ2n) is 4.57. The van der Waals surface area contributed by atoms with E-state index in [1.54, 1.807) is 0 Å². The van der Waals surface area contributed by atoms with E-state index >= 15 is 0 Å². The van der Waals surface area contributed by atoms with Gasteiger partial charge >= 0.3 is 0 Å². The minimum atomic E-state index is -0.774. The van der Waals surface area contributed by atoms with Crippen LogP contribution in [-0.2, 0) is 4.79 Å². The number of benzene rings is 1. The molecule has 0 aliphatic heterocycles. The Morgan fingerprint density at radius 2 is 2.00 bits per heavy atom. The topological polar surface area (TPSA) is 55.1 Å². The lowest BCUT2D eigenvalue weighted by Gasteiger charge is -2.29. The Morgan fingerprint density at radius 3 is 2.47 bits per heavy atom. The van der Waals surface area contributed by atoms with Gasteiger partial charge in [-0.2, -0.15) is 0 Å². The molecule has 0 saturated heterocycles. The van der Waals surface area contributed by atoms with Crippen LogP contribution >= 0.6 is 28.1 Å². The molecule has 1 aromatic carbocycles. The molecule has 0 aliphatic carbocycles. The Kier molecular flexibility index (Phi) is 5.50. The van der Waals surface area contributed by atoms with Crippen molar-refractivity contribution in [1.82, 2.24) is 0 Å². The number of anilines is 1. The van der Waals surface area contributed by atoms with E-state index < -0.39 is 5.41 Å². The number of hydrogen-bond donors (Lipinski definition) is 2. The third-order valence-electron chi connectivity index (χ3n) is 3.56. The maximum absolute atomic E-state index is 12.5. The third kappa shape index (κ3) is 3.34. The van der Waals surface area contributed by atoms with Gasteiger partial charge in [-0.25, -0.2) is 0 Å². The van der Waals surface area contributed by atoms with E-state index in [2.05, 4.69) is 21.2 Å². The molecule has 0 atom stereocenters. The molecule has 1 rings (SSSR count). The number of thiocarbonyl (C=S) groups is 1. The molecule has 5 heteroatoms. The van der Waals surface area contributed by atoms with Crippen LogP contribution in [0.2, 0.25) is 0 Å². The fourth-order valence-electron chi connectivity index (χ4n) is 2.00. The van der Waals surface area contributed by atoms with Gasteiger partial charge < -0.3 is 11.1 Å². The van der Waals surface area contributed by atoms with Crippen LogP contribution in [0.5, 0.6) is 0 Å². The van der Waals surface area contributed by atoms with Crippen LogP contribution in [0.4, 0.5) is 5.69 Å². The zero-order valence-corrected chi connectivity index (χ0v) is 13.8. The molecule has 1 amide bonds. The molecule has 19 heavy (non-hydrogen) atoms. The minimum Gasteiger partial charge on any atom is -0.392 e. The zero-order valence-electron chi connectivity index (χ0n) is 11.4. The SMILES string of the molecule is CCC(CC)(C(=O)Nc1cc(Br)ccc1C)C(N)=S. The number of hydrogen-bond acceptors (Lipinski definition) is 2. The molecule has 0 aliphatic rings. The van der Waals surface area contributed by atoms with E-state index in [9.17, 15) is 4.79 Å². The van der Waals surface area contributed by atoms with Crippen LogP contribution in [0.15, 0.2) is 22.7 Å². The Labute approximate surface area is 128 Å². The number of halogens is 1. The Morgan fingerprint density at radius 1 is 1.42 bits per heavy atom. The van der Waals surface area contributed by atoms with Crippen molar-refractivity contribution >= 4 is 44.7 Å². The summed E-state index contributed by atoms with van der Waals surface area (Å²) in [6.07, 6.45) is 1.19. The molecule has 0 unspecified atom stereocenters. The molecule has 0 radical (unpaired) electrons. The highest BCUT2D eigenvalue weighted by molar-refractivity contribution is 9.10. The first-order valence-corrected chi connectivity index (χ1v) is 7.45. The number of rotatable bonds is 5. The molecule has 1 aromatic rings. The Balaban J connectivity index is 3.07. The lowest BCUT2D eigenvalue weighted by atomic mass is 9.81. The number of aryl methyl sites for hydroxylation is 1. The first-order valence-electron chi connectivity index (χ1n) is 6.25. The number of carbonyl (C=O) groups is 1. The van der Waals surface area contributed by atoms with E-state index in [0.717, 1.165) is 15.7 Å². The summed E-state index contributed by atoms with van der Waals surface area (Å²) < 4.78 is 0.919. The summed E-state index contributed by atoms with van der Waals surface area (Å²) in [5, 5.41) is 2.94. The fraction of sp³-hybridized carbons (Fsp3) is 0.429. The van der Waals surface area contributed by atoms with Crippen molar-refractivity contribution in [2.45, 2.75) is 33.6 Å². The summed E-state index contributed by atoms with van der Waals surface area (Å²) in [5.41, 5.74) is 6.78. The molecule has 3 nitrogen and oxygen atoms in total. The average Bonchev–Trinajstić information content (AvgIpc) is 2.35. The summed E-state index contributed by atoms with van der Waals surface area (Å²) in [6, 6.07) is 5.76. The van der Waals surface area contributed by atoms with E-state index in [1.165, 1.54) is 0 Å². The van der Waals surface area contributed by atoms with E-state index in [-0.39, 0.29) is 10.9 Å². The smallest absolute Gasteiger partial charge is 0.237 e. The van der Waals surface area contributed by atoms with Crippen LogP contribution in [0.3, 0.4) is 0 Å². The molecular weight excluding hydrogens is 324 g/mol. The van der Waals surface area contributed by atoms with Crippen LogP contribution < -0.4 is 11.1 Å². The summed E-state index contributed by atoms with van der Waals surface area (Å²) in [4.78, 5) is 12.8.